The van der Waals surface area contributed by atoms with Gasteiger partial charge in [-0.25, -0.2) is 0 Å². The summed E-state index contributed by atoms with van der Waals surface area (Å²) in [5, 5.41) is 8.87. The van der Waals surface area contributed by atoms with E-state index in [1.54, 1.807) is 24.3 Å². The molecule has 0 bridgehead atoms. The number of hydrogen-bond acceptors (Lipinski definition) is 2. The van der Waals surface area contributed by atoms with Crippen molar-refractivity contribution in [1.29, 1.82) is 0 Å². The molecule has 1 aromatic carbocycles. The summed E-state index contributed by atoms with van der Waals surface area (Å²) in [4.78, 5) is 0. The van der Waals surface area contributed by atoms with Crippen molar-refractivity contribution in [3.05, 3.63) is 24.3 Å². The van der Waals surface area contributed by atoms with Crippen molar-refractivity contribution in [2.24, 2.45) is 0 Å². The van der Waals surface area contributed by atoms with Gasteiger partial charge in [0.15, 0.2) is 0 Å². The molecule has 0 heterocycles. The molecule has 1 N–H and O–H groups in total. The molecule has 0 fully saturated rings. The van der Waals surface area contributed by atoms with Crippen molar-refractivity contribution in [2.45, 2.75) is 20.3 Å². The molecule has 0 spiro atoms. The average Bonchev–Trinajstić information content (AvgIpc) is 2.22. The lowest BCUT2D eigenvalue weighted by Gasteiger charge is -2.00. The highest BCUT2D eigenvalue weighted by Gasteiger charge is 1.89. The predicted octanol–water partition coefficient (Wildman–Crippen LogP) is 3.62. The fourth-order valence-electron chi connectivity index (χ4n) is 0.709. The molecule has 0 aliphatic heterocycles. The number of phenolic OH excluding ortho intramolecular Hbond substituents is 1. The van der Waals surface area contributed by atoms with Crippen molar-refractivity contribution in [1.82, 2.24) is 0 Å². The minimum absolute atomic E-state index is 0.267. The number of hydrogen-bond donors (Lipinski definition) is 1. The fourth-order valence-corrected chi connectivity index (χ4v) is 0.709. The lowest BCUT2D eigenvalue weighted by atomic mass is 10.3. The SMILES string of the molecule is CCCI.CCOc1ccc(O)cc1. The average molecular weight is 308 g/mol. The van der Waals surface area contributed by atoms with Gasteiger partial charge in [-0.05, 0) is 42.0 Å². The lowest BCUT2D eigenvalue weighted by Crippen LogP contribution is -1.89. The van der Waals surface area contributed by atoms with Crippen LogP contribution in [0.3, 0.4) is 0 Å². The molecule has 0 aromatic heterocycles. The number of alkyl halides is 1. The molecule has 0 aliphatic rings. The summed E-state index contributed by atoms with van der Waals surface area (Å²) < 4.78 is 6.44. The second-order valence-corrected chi connectivity index (χ2v) is 3.69. The fraction of sp³-hybridized carbons (Fsp3) is 0.455. The molecule has 0 saturated carbocycles. The van der Waals surface area contributed by atoms with E-state index in [2.05, 4.69) is 29.5 Å². The molecule has 0 saturated heterocycles. The van der Waals surface area contributed by atoms with E-state index in [1.807, 2.05) is 6.92 Å². The lowest BCUT2D eigenvalue weighted by molar-refractivity contribution is 0.339. The van der Waals surface area contributed by atoms with Crippen LogP contribution in [-0.2, 0) is 0 Å². The quantitative estimate of drug-likeness (QED) is 0.682. The zero-order valence-corrected chi connectivity index (χ0v) is 10.8. The van der Waals surface area contributed by atoms with Gasteiger partial charge in [0.25, 0.3) is 0 Å². The minimum atomic E-state index is 0.267. The zero-order chi connectivity index (χ0) is 10.8. The summed E-state index contributed by atoms with van der Waals surface area (Å²) in [6.07, 6.45) is 1.31. The molecule has 0 amide bonds. The molecule has 1 aromatic rings. The Labute approximate surface area is 99.4 Å². The number of ether oxygens (including phenoxy) is 1. The van der Waals surface area contributed by atoms with Gasteiger partial charge in [-0.3, -0.25) is 0 Å². The van der Waals surface area contributed by atoms with E-state index in [1.165, 1.54) is 10.8 Å². The molecule has 0 aliphatic carbocycles. The number of phenols is 1. The van der Waals surface area contributed by atoms with Crippen LogP contribution in [0.4, 0.5) is 0 Å². The first-order valence-electron chi connectivity index (χ1n) is 4.72. The Kier molecular flexibility index (Phi) is 8.83. The summed E-state index contributed by atoms with van der Waals surface area (Å²) in [7, 11) is 0. The van der Waals surface area contributed by atoms with Crippen LogP contribution in [0.1, 0.15) is 20.3 Å². The number of rotatable bonds is 3. The maximum atomic E-state index is 8.87. The van der Waals surface area contributed by atoms with Gasteiger partial charge in [0.2, 0.25) is 0 Å². The maximum absolute atomic E-state index is 8.87. The highest BCUT2D eigenvalue weighted by atomic mass is 127. The molecule has 0 radical (unpaired) electrons. The van der Waals surface area contributed by atoms with Crippen molar-refractivity contribution in [3.8, 4) is 11.5 Å². The summed E-state index contributed by atoms with van der Waals surface area (Å²) in [5.41, 5.74) is 0. The van der Waals surface area contributed by atoms with Crippen LogP contribution in [0.5, 0.6) is 11.5 Å². The summed E-state index contributed by atoms with van der Waals surface area (Å²) in [5.74, 6) is 1.06. The van der Waals surface area contributed by atoms with E-state index in [-0.39, 0.29) is 5.75 Å². The normalized spacial score (nSPS) is 8.79. The van der Waals surface area contributed by atoms with Gasteiger partial charge < -0.3 is 9.84 Å². The molecule has 3 heteroatoms. The molecule has 80 valence electrons. The molecule has 1 rings (SSSR count). The Hall–Kier alpha value is -0.450. The van der Waals surface area contributed by atoms with Crippen LogP contribution in [0.25, 0.3) is 0 Å². The first kappa shape index (κ1) is 13.5. The first-order valence-corrected chi connectivity index (χ1v) is 6.24. The maximum Gasteiger partial charge on any atom is 0.119 e. The molecule has 0 unspecified atom stereocenters. The largest absolute Gasteiger partial charge is 0.508 e. The second kappa shape index (κ2) is 9.12. The Balaban J connectivity index is 0.000000364. The van der Waals surface area contributed by atoms with Crippen LogP contribution in [0, 0.1) is 0 Å². The van der Waals surface area contributed by atoms with E-state index < -0.39 is 0 Å². The third-order valence-electron chi connectivity index (χ3n) is 1.34. The van der Waals surface area contributed by atoms with Crippen molar-refractivity contribution < 1.29 is 9.84 Å². The van der Waals surface area contributed by atoms with Crippen LogP contribution < -0.4 is 4.74 Å². The number of aromatic hydroxyl groups is 1. The van der Waals surface area contributed by atoms with E-state index in [0.29, 0.717) is 6.61 Å². The highest BCUT2D eigenvalue weighted by Crippen LogP contribution is 2.15. The van der Waals surface area contributed by atoms with Crippen molar-refractivity contribution >= 4 is 22.6 Å². The Bertz CT molecular complexity index is 219. The number of benzene rings is 1. The van der Waals surface area contributed by atoms with E-state index in [0.717, 1.165) is 5.75 Å². The summed E-state index contributed by atoms with van der Waals surface area (Å²) >= 11 is 2.35. The number of halogens is 1. The van der Waals surface area contributed by atoms with Gasteiger partial charge in [0, 0.05) is 0 Å². The molecule has 0 atom stereocenters. The van der Waals surface area contributed by atoms with E-state index in [9.17, 15) is 0 Å². The molecular formula is C11H17IO2. The summed E-state index contributed by atoms with van der Waals surface area (Å²) in [6, 6.07) is 6.67. The second-order valence-electron chi connectivity index (χ2n) is 2.62. The Morgan fingerprint density at radius 3 is 2.07 bits per heavy atom. The predicted molar refractivity (Wildman–Crippen MR) is 68.5 cm³/mol. The van der Waals surface area contributed by atoms with Gasteiger partial charge in [-0.15, -0.1) is 0 Å². The molecular weight excluding hydrogens is 291 g/mol. The first-order chi connectivity index (χ1) is 6.74. The van der Waals surface area contributed by atoms with Gasteiger partial charge in [0.05, 0.1) is 6.61 Å². The van der Waals surface area contributed by atoms with Gasteiger partial charge >= 0.3 is 0 Å². The van der Waals surface area contributed by atoms with Crippen molar-refractivity contribution in [2.75, 3.05) is 11.0 Å². The monoisotopic (exact) mass is 308 g/mol. The van der Waals surface area contributed by atoms with Crippen LogP contribution in [-0.4, -0.2) is 16.1 Å². The van der Waals surface area contributed by atoms with E-state index in [4.69, 9.17) is 9.84 Å². The van der Waals surface area contributed by atoms with Gasteiger partial charge in [-0.2, -0.15) is 0 Å². The smallest absolute Gasteiger partial charge is 0.119 e. The van der Waals surface area contributed by atoms with Gasteiger partial charge in [-0.1, -0.05) is 29.5 Å². The van der Waals surface area contributed by atoms with Crippen molar-refractivity contribution in [3.63, 3.8) is 0 Å². The third kappa shape index (κ3) is 7.00. The molecule has 14 heavy (non-hydrogen) atoms. The molecule has 2 nitrogen and oxygen atoms in total. The topological polar surface area (TPSA) is 29.5 Å². The third-order valence-corrected chi connectivity index (χ3v) is 2.42. The highest BCUT2D eigenvalue weighted by molar-refractivity contribution is 14.1. The minimum Gasteiger partial charge on any atom is -0.508 e. The Morgan fingerprint density at radius 2 is 1.71 bits per heavy atom. The van der Waals surface area contributed by atoms with E-state index >= 15 is 0 Å². The van der Waals surface area contributed by atoms with Gasteiger partial charge in [0.1, 0.15) is 11.5 Å². The summed E-state index contributed by atoms with van der Waals surface area (Å²) in [6.45, 7) is 4.75. The Morgan fingerprint density at radius 1 is 1.21 bits per heavy atom. The standard InChI is InChI=1S/C8H10O2.C3H7I/c1-2-10-8-5-3-7(9)4-6-8;1-2-3-4/h3-6,9H,2H2,1H3;2-3H2,1H3. The van der Waals surface area contributed by atoms with Crippen LogP contribution in [0.2, 0.25) is 0 Å². The van der Waals surface area contributed by atoms with Crippen LogP contribution >= 0.6 is 22.6 Å². The zero-order valence-electron chi connectivity index (χ0n) is 8.66. The van der Waals surface area contributed by atoms with Crippen LogP contribution in [0.15, 0.2) is 24.3 Å².